The molecule has 0 radical (unpaired) electrons. The summed E-state index contributed by atoms with van der Waals surface area (Å²) in [4.78, 5) is 15.7. The molecule has 0 aliphatic rings. The van der Waals surface area contributed by atoms with Crippen LogP contribution in [0.15, 0.2) is 12.4 Å². The van der Waals surface area contributed by atoms with E-state index in [0.717, 1.165) is 12.2 Å². The molecular formula is C11H20N4O2. The normalized spacial score (nSPS) is 12.4. The number of methoxy groups -OCH3 is 1. The van der Waals surface area contributed by atoms with Crippen molar-refractivity contribution < 1.29 is 9.53 Å². The molecule has 0 aliphatic heterocycles. The summed E-state index contributed by atoms with van der Waals surface area (Å²) in [5.41, 5.74) is 5.44. The topological polar surface area (TPSA) is 82.2 Å². The summed E-state index contributed by atoms with van der Waals surface area (Å²) in [6.07, 6.45) is 4.44. The first-order valence-corrected chi connectivity index (χ1v) is 5.63. The van der Waals surface area contributed by atoms with Crippen molar-refractivity contribution >= 4 is 5.91 Å². The van der Waals surface area contributed by atoms with Crippen molar-refractivity contribution in [3.8, 4) is 0 Å². The van der Waals surface area contributed by atoms with Crippen LogP contribution in [-0.2, 0) is 23.0 Å². The second kappa shape index (κ2) is 7.03. The molecule has 0 bridgehead atoms. The maximum atomic E-state index is 11.5. The second-order valence-electron chi connectivity index (χ2n) is 3.85. The highest BCUT2D eigenvalue weighted by atomic mass is 16.5. The summed E-state index contributed by atoms with van der Waals surface area (Å²) < 4.78 is 6.97. The number of hydrogen-bond donors (Lipinski definition) is 2. The first-order valence-electron chi connectivity index (χ1n) is 5.63. The van der Waals surface area contributed by atoms with Crippen molar-refractivity contribution in [1.82, 2.24) is 14.9 Å². The van der Waals surface area contributed by atoms with Gasteiger partial charge in [-0.25, -0.2) is 4.98 Å². The van der Waals surface area contributed by atoms with E-state index in [1.165, 1.54) is 0 Å². The van der Waals surface area contributed by atoms with Crippen molar-refractivity contribution in [3.05, 3.63) is 18.2 Å². The fraction of sp³-hybridized carbons (Fsp3) is 0.636. The van der Waals surface area contributed by atoms with Gasteiger partial charge in [-0.1, -0.05) is 0 Å². The molecule has 1 aromatic heterocycles. The van der Waals surface area contributed by atoms with Crippen LogP contribution in [0.1, 0.15) is 12.2 Å². The van der Waals surface area contributed by atoms with Crippen LogP contribution >= 0.6 is 0 Å². The minimum atomic E-state index is -0.205. The average molecular weight is 240 g/mol. The fourth-order valence-electron chi connectivity index (χ4n) is 1.49. The van der Waals surface area contributed by atoms with E-state index in [4.69, 9.17) is 10.5 Å². The number of carbonyl (C=O) groups is 1. The van der Waals surface area contributed by atoms with Gasteiger partial charge in [-0.15, -0.1) is 0 Å². The lowest BCUT2D eigenvalue weighted by Crippen LogP contribution is -2.33. The molecule has 0 fully saturated rings. The third kappa shape index (κ3) is 4.54. The number of hydrogen-bond acceptors (Lipinski definition) is 4. The third-order valence-electron chi connectivity index (χ3n) is 2.60. The van der Waals surface area contributed by atoms with E-state index in [1.54, 1.807) is 13.3 Å². The Hall–Kier alpha value is -1.40. The van der Waals surface area contributed by atoms with E-state index in [2.05, 4.69) is 10.3 Å². The molecule has 1 heterocycles. The minimum Gasteiger partial charge on any atom is -0.380 e. The highest BCUT2D eigenvalue weighted by Gasteiger charge is 2.10. The summed E-state index contributed by atoms with van der Waals surface area (Å²) >= 11 is 0. The van der Waals surface area contributed by atoms with Crippen LogP contribution in [-0.4, -0.2) is 41.8 Å². The summed E-state index contributed by atoms with van der Waals surface area (Å²) in [6.45, 7) is 0.925. The molecule has 1 atom stereocenters. The largest absolute Gasteiger partial charge is 0.380 e. The summed E-state index contributed by atoms with van der Waals surface area (Å²) in [6, 6.07) is 0. The SMILES string of the molecule is COC(CN)CC(=O)NCCc1nccn1C. The van der Waals surface area contributed by atoms with Gasteiger partial charge in [0.15, 0.2) is 0 Å². The molecule has 17 heavy (non-hydrogen) atoms. The Bertz CT molecular complexity index is 347. The fourth-order valence-corrected chi connectivity index (χ4v) is 1.49. The van der Waals surface area contributed by atoms with Gasteiger partial charge in [-0.05, 0) is 0 Å². The van der Waals surface area contributed by atoms with E-state index < -0.39 is 0 Å². The van der Waals surface area contributed by atoms with E-state index in [-0.39, 0.29) is 12.0 Å². The van der Waals surface area contributed by atoms with Gasteiger partial charge >= 0.3 is 0 Å². The monoisotopic (exact) mass is 240 g/mol. The Morgan fingerprint density at radius 2 is 2.47 bits per heavy atom. The van der Waals surface area contributed by atoms with Gasteiger partial charge in [0.2, 0.25) is 5.91 Å². The smallest absolute Gasteiger partial charge is 0.222 e. The molecule has 1 amide bonds. The predicted molar refractivity (Wildman–Crippen MR) is 64.4 cm³/mol. The average Bonchev–Trinajstić information content (AvgIpc) is 2.72. The van der Waals surface area contributed by atoms with Crippen LogP contribution in [0.25, 0.3) is 0 Å². The number of ether oxygens (including phenoxy) is 1. The minimum absolute atomic E-state index is 0.0449. The lowest BCUT2D eigenvalue weighted by Gasteiger charge is -2.12. The number of nitrogens with one attached hydrogen (secondary N) is 1. The van der Waals surface area contributed by atoms with Gasteiger partial charge in [0.25, 0.3) is 0 Å². The van der Waals surface area contributed by atoms with E-state index in [1.807, 2.05) is 17.8 Å². The maximum absolute atomic E-state index is 11.5. The number of amides is 1. The number of rotatable bonds is 7. The lowest BCUT2D eigenvalue weighted by atomic mass is 10.2. The van der Waals surface area contributed by atoms with Gasteiger partial charge in [-0.3, -0.25) is 4.79 Å². The van der Waals surface area contributed by atoms with Crippen LogP contribution in [0.5, 0.6) is 0 Å². The van der Waals surface area contributed by atoms with Crippen molar-refractivity contribution in [2.45, 2.75) is 18.9 Å². The third-order valence-corrected chi connectivity index (χ3v) is 2.60. The lowest BCUT2D eigenvalue weighted by molar-refractivity contribution is -0.123. The van der Waals surface area contributed by atoms with Gasteiger partial charge < -0.3 is 20.4 Å². The van der Waals surface area contributed by atoms with Crippen LogP contribution in [0.4, 0.5) is 0 Å². The molecule has 1 rings (SSSR count). The predicted octanol–water partition coefficient (Wildman–Crippen LogP) is -0.557. The number of carbonyl (C=O) groups excluding carboxylic acids is 1. The molecule has 0 spiro atoms. The molecule has 6 heteroatoms. The zero-order valence-electron chi connectivity index (χ0n) is 10.3. The van der Waals surface area contributed by atoms with Crippen molar-refractivity contribution in [2.24, 2.45) is 12.8 Å². The Morgan fingerprint density at radius 3 is 3.00 bits per heavy atom. The first kappa shape index (κ1) is 13.7. The molecule has 3 N–H and O–H groups in total. The number of aromatic nitrogens is 2. The van der Waals surface area contributed by atoms with E-state index >= 15 is 0 Å². The van der Waals surface area contributed by atoms with Crippen molar-refractivity contribution in [1.29, 1.82) is 0 Å². The Labute approximate surface area is 101 Å². The Balaban J connectivity index is 2.22. The first-order chi connectivity index (χ1) is 8.17. The zero-order chi connectivity index (χ0) is 12.7. The molecule has 0 aliphatic carbocycles. The number of nitrogens with two attached hydrogens (primary N) is 1. The van der Waals surface area contributed by atoms with Gasteiger partial charge in [-0.2, -0.15) is 0 Å². The number of nitrogens with zero attached hydrogens (tertiary/aromatic N) is 2. The van der Waals surface area contributed by atoms with Crippen LogP contribution < -0.4 is 11.1 Å². The van der Waals surface area contributed by atoms with Crippen molar-refractivity contribution in [2.75, 3.05) is 20.2 Å². The molecule has 6 nitrogen and oxygen atoms in total. The van der Waals surface area contributed by atoms with Crippen LogP contribution in [0.3, 0.4) is 0 Å². The number of aryl methyl sites for hydroxylation is 1. The van der Waals surface area contributed by atoms with Crippen LogP contribution in [0, 0.1) is 0 Å². The number of imidazole rings is 1. The molecule has 1 aromatic rings. The zero-order valence-corrected chi connectivity index (χ0v) is 10.3. The van der Waals surface area contributed by atoms with Crippen molar-refractivity contribution in [3.63, 3.8) is 0 Å². The molecular weight excluding hydrogens is 220 g/mol. The maximum Gasteiger partial charge on any atom is 0.222 e. The van der Waals surface area contributed by atoms with Gasteiger partial charge in [0, 0.05) is 46.1 Å². The summed E-state index contributed by atoms with van der Waals surface area (Å²) in [7, 11) is 3.48. The highest BCUT2D eigenvalue weighted by Crippen LogP contribution is 1.96. The Morgan fingerprint density at radius 1 is 1.71 bits per heavy atom. The second-order valence-corrected chi connectivity index (χ2v) is 3.85. The van der Waals surface area contributed by atoms with Crippen LogP contribution in [0.2, 0.25) is 0 Å². The highest BCUT2D eigenvalue weighted by molar-refractivity contribution is 5.76. The standard InChI is InChI=1S/C11H20N4O2/c1-15-6-5-13-10(15)3-4-14-11(16)7-9(8-12)17-2/h5-6,9H,3-4,7-8,12H2,1-2H3,(H,14,16). The molecule has 0 saturated carbocycles. The van der Waals surface area contributed by atoms with Gasteiger partial charge in [0.1, 0.15) is 5.82 Å². The van der Waals surface area contributed by atoms with E-state index in [9.17, 15) is 4.79 Å². The molecule has 1 unspecified atom stereocenters. The summed E-state index contributed by atoms with van der Waals surface area (Å²) in [5.74, 6) is 0.906. The van der Waals surface area contributed by atoms with Gasteiger partial charge in [0.05, 0.1) is 12.5 Å². The van der Waals surface area contributed by atoms with E-state index in [0.29, 0.717) is 19.5 Å². The molecule has 0 saturated heterocycles. The Kier molecular flexibility index (Phi) is 5.65. The quantitative estimate of drug-likeness (QED) is 0.669. The summed E-state index contributed by atoms with van der Waals surface area (Å²) in [5, 5.41) is 2.82. The molecule has 96 valence electrons. The molecule has 0 aromatic carbocycles.